The van der Waals surface area contributed by atoms with Crippen molar-refractivity contribution in [1.82, 2.24) is 19.7 Å². The van der Waals surface area contributed by atoms with E-state index in [2.05, 4.69) is 15.2 Å². The Labute approximate surface area is 94.1 Å². The molecule has 0 radical (unpaired) electrons. The molecule has 2 aromatic rings. The van der Waals surface area contributed by atoms with E-state index >= 15 is 0 Å². The van der Waals surface area contributed by atoms with Gasteiger partial charge in [0.15, 0.2) is 5.82 Å². The molecule has 0 saturated carbocycles. The SMILES string of the molecule is COCCn1cnnc1-c1cncc(C)c1. The summed E-state index contributed by atoms with van der Waals surface area (Å²) in [6.07, 6.45) is 5.32. The number of pyridine rings is 1. The highest BCUT2D eigenvalue weighted by molar-refractivity contribution is 5.54. The lowest BCUT2D eigenvalue weighted by Gasteiger charge is -2.05. The number of aryl methyl sites for hydroxylation is 1. The first-order chi connectivity index (χ1) is 7.81. The maximum atomic E-state index is 5.04. The van der Waals surface area contributed by atoms with E-state index in [4.69, 9.17) is 4.74 Å². The zero-order chi connectivity index (χ0) is 11.4. The largest absolute Gasteiger partial charge is 0.383 e. The van der Waals surface area contributed by atoms with Crippen LogP contribution in [0, 0.1) is 6.92 Å². The van der Waals surface area contributed by atoms with Crippen LogP contribution in [0.4, 0.5) is 0 Å². The molecular formula is C11H14N4O. The van der Waals surface area contributed by atoms with E-state index in [0.717, 1.165) is 23.5 Å². The van der Waals surface area contributed by atoms with Crippen LogP contribution < -0.4 is 0 Å². The molecule has 2 heterocycles. The van der Waals surface area contributed by atoms with Gasteiger partial charge < -0.3 is 9.30 Å². The molecule has 0 fully saturated rings. The minimum atomic E-state index is 0.643. The maximum Gasteiger partial charge on any atom is 0.165 e. The van der Waals surface area contributed by atoms with Crippen LogP contribution in [0.5, 0.6) is 0 Å². The number of hydrogen-bond acceptors (Lipinski definition) is 4. The van der Waals surface area contributed by atoms with Gasteiger partial charge in [0.1, 0.15) is 6.33 Å². The van der Waals surface area contributed by atoms with Crippen LogP contribution in [0.2, 0.25) is 0 Å². The second-order valence-electron chi connectivity index (χ2n) is 3.59. The molecule has 0 atom stereocenters. The van der Waals surface area contributed by atoms with Crippen molar-refractivity contribution in [2.75, 3.05) is 13.7 Å². The standard InChI is InChI=1S/C11H14N4O/c1-9-5-10(7-12-6-9)11-14-13-8-15(11)3-4-16-2/h5-8H,3-4H2,1-2H3. The summed E-state index contributed by atoms with van der Waals surface area (Å²) in [5.41, 5.74) is 2.09. The van der Waals surface area contributed by atoms with Gasteiger partial charge in [-0.1, -0.05) is 0 Å². The number of methoxy groups -OCH3 is 1. The third kappa shape index (κ3) is 2.25. The highest BCUT2D eigenvalue weighted by Gasteiger charge is 2.07. The van der Waals surface area contributed by atoms with Gasteiger partial charge in [0.25, 0.3) is 0 Å². The van der Waals surface area contributed by atoms with Crippen molar-refractivity contribution in [3.63, 3.8) is 0 Å². The summed E-state index contributed by atoms with van der Waals surface area (Å²) < 4.78 is 7.00. The van der Waals surface area contributed by atoms with E-state index in [1.807, 2.05) is 23.8 Å². The van der Waals surface area contributed by atoms with Gasteiger partial charge in [-0.05, 0) is 18.6 Å². The maximum absolute atomic E-state index is 5.04. The molecule has 5 nitrogen and oxygen atoms in total. The Morgan fingerprint density at radius 1 is 1.38 bits per heavy atom. The molecule has 0 bridgehead atoms. The van der Waals surface area contributed by atoms with Gasteiger partial charge in [-0.15, -0.1) is 10.2 Å². The molecule has 0 aliphatic carbocycles. The Balaban J connectivity index is 2.29. The molecule has 16 heavy (non-hydrogen) atoms. The number of hydrogen-bond donors (Lipinski definition) is 0. The average Bonchev–Trinajstić information content (AvgIpc) is 2.74. The quantitative estimate of drug-likeness (QED) is 0.776. The van der Waals surface area contributed by atoms with Crippen LogP contribution in [-0.2, 0) is 11.3 Å². The summed E-state index contributed by atoms with van der Waals surface area (Å²) in [4.78, 5) is 4.15. The van der Waals surface area contributed by atoms with Crippen molar-refractivity contribution in [2.45, 2.75) is 13.5 Å². The van der Waals surface area contributed by atoms with Crippen molar-refractivity contribution < 1.29 is 4.74 Å². The predicted molar refractivity (Wildman–Crippen MR) is 59.9 cm³/mol. The Morgan fingerprint density at radius 3 is 3.00 bits per heavy atom. The number of ether oxygens (including phenoxy) is 1. The molecule has 5 heteroatoms. The van der Waals surface area contributed by atoms with Crippen molar-refractivity contribution in [2.24, 2.45) is 0 Å². The van der Waals surface area contributed by atoms with Crippen LogP contribution in [0.3, 0.4) is 0 Å². The summed E-state index contributed by atoms with van der Waals surface area (Å²) >= 11 is 0. The molecule has 0 N–H and O–H groups in total. The number of rotatable bonds is 4. The van der Waals surface area contributed by atoms with Crippen molar-refractivity contribution in [1.29, 1.82) is 0 Å². The lowest BCUT2D eigenvalue weighted by atomic mass is 10.2. The average molecular weight is 218 g/mol. The van der Waals surface area contributed by atoms with Crippen molar-refractivity contribution >= 4 is 0 Å². The lowest BCUT2D eigenvalue weighted by Crippen LogP contribution is -2.05. The van der Waals surface area contributed by atoms with Crippen LogP contribution in [0.1, 0.15) is 5.56 Å². The highest BCUT2D eigenvalue weighted by Crippen LogP contribution is 2.16. The van der Waals surface area contributed by atoms with Gasteiger partial charge in [0, 0.05) is 31.6 Å². The molecule has 0 aliphatic rings. The minimum Gasteiger partial charge on any atom is -0.383 e. The molecule has 2 rings (SSSR count). The third-order valence-corrected chi connectivity index (χ3v) is 2.29. The Kier molecular flexibility index (Phi) is 3.26. The summed E-state index contributed by atoms with van der Waals surface area (Å²) in [5, 5.41) is 8.01. The van der Waals surface area contributed by atoms with Crippen LogP contribution >= 0.6 is 0 Å². The Morgan fingerprint density at radius 2 is 2.25 bits per heavy atom. The highest BCUT2D eigenvalue weighted by atomic mass is 16.5. The monoisotopic (exact) mass is 218 g/mol. The fraction of sp³-hybridized carbons (Fsp3) is 0.364. The summed E-state index contributed by atoms with van der Waals surface area (Å²) in [7, 11) is 1.68. The van der Waals surface area contributed by atoms with Crippen LogP contribution in [-0.4, -0.2) is 33.5 Å². The summed E-state index contributed by atoms with van der Waals surface area (Å²) in [6.45, 7) is 3.39. The first-order valence-corrected chi connectivity index (χ1v) is 5.10. The second-order valence-corrected chi connectivity index (χ2v) is 3.59. The number of aromatic nitrogens is 4. The third-order valence-electron chi connectivity index (χ3n) is 2.29. The van der Waals surface area contributed by atoms with E-state index < -0.39 is 0 Å². The van der Waals surface area contributed by atoms with Gasteiger partial charge in [0.05, 0.1) is 6.61 Å². The summed E-state index contributed by atoms with van der Waals surface area (Å²) in [6, 6.07) is 2.04. The molecule has 0 unspecified atom stereocenters. The molecule has 0 aliphatic heterocycles. The molecular weight excluding hydrogens is 204 g/mol. The van der Waals surface area contributed by atoms with Crippen molar-refractivity contribution in [3.05, 3.63) is 30.4 Å². The van der Waals surface area contributed by atoms with Gasteiger partial charge >= 0.3 is 0 Å². The molecule has 0 amide bonds. The molecule has 0 spiro atoms. The smallest absolute Gasteiger partial charge is 0.165 e. The normalized spacial score (nSPS) is 10.6. The van der Waals surface area contributed by atoms with Gasteiger partial charge in [-0.3, -0.25) is 4.98 Å². The molecule has 2 aromatic heterocycles. The fourth-order valence-corrected chi connectivity index (χ4v) is 1.51. The van der Waals surface area contributed by atoms with Crippen LogP contribution in [0.15, 0.2) is 24.8 Å². The molecule has 0 aromatic carbocycles. The molecule has 84 valence electrons. The predicted octanol–water partition coefficient (Wildman–Crippen LogP) is 1.29. The van der Waals surface area contributed by atoms with Crippen molar-refractivity contribution in [3.8, 4) is 11.4 Å². The lowest BCUT2D eigenvalue weighted by molar-refractivity contribution is 0.187. The zero-order valence-corrected chi connectivity index (χ0v) is 9.42. The van der Waals surface area contributed by atoms with E-state index in [-0.39, 0.29) is 0 Å². The second kappa shape index (κ2) is 4.85. The van der Waals surface area contributed by atoms with E-state index in [1.54, 1.807) is 19.6 Å². The Bertz CT molecular complexity index is 467. The topological polar surface area (TPSA) is 52.8 Å². The van der Waals surface area contributed by atoms with Gasteiger partial charge in [-0.25, -0.2) is 0 Å². The zero-order valence-electron chi connectivity index (χ0n) is 9.42. The first-order valence-electron chi connectivity index (χ1n) is 5.10. The van der Waals surface area contributed by atoms with Gasteiger partial charge in [0.2, 0.25) is 0 Å². The molecule has 0 saturated heterocycles. The first kappa shape index (κ1) is 10.8. The van der Waals surface area contributed by atoms with E-state index in [0.29, 0.717) is 6.61 Å². The van der Waals surface area contributed by atoms with Gasteiger partial charge in [-0.2, -0.15) is 0 Å². The Hall–Kier alpha value is -1.75. The number of nitrogens with zero attached hydrogens (tertiary/aromatic N) is 4. The minimum absolute atomic E-state index is 0.643. The summed E-state index contributed by atoms with van der Waals surface area (Å²) in [5.74, 6) is 0.827. The van der Waals surface area contributed by atoms with E-state index in [1.165, 1.54) is 0 Å². The fourth-order valence-electron chi connectivity index (χ4n) is 1.51. The van der Waals surface area contributed by atoms with E-state index in [9.17, 15) is 0 Å². The van der Waals surface area contributed by atoms with Crippen LogP contribution in [0.25, 0.3) is 11.4 Å².